The van der Waals surface area contributed by atoms with E-state index >= 15 is 0 Å². The summed E-state index contributed by atoms with van der Waals surface area (Å²) in [6.45, 7) is 2.03. The maximum absolute atomic E-state index is 12.1. The first-order chi connectivity index (χ1) is 8.97. The molecule has 0 aliphatic heterocycles. The number of aliphatic hydroxyl groups excluding tert-OH is 1. The highest BCUT2D eigenvalue weighted by molar-refractivity contribution is 6.32. The smallest absolute Gasteiger partial charge is 0.287 e. The Kier molecular flexibility index (Phi) is 6.17. The van der Waals surface area contributed by atoms with Gasteiger partial charge < -0.3 is 10.4 Å². The second-order valence-electron chi connectivity index (χ2n) is 4.04. The van der Waals surface area contributed by atoms with Gasteiger partial charge in [0.1, 0.15) is 11.1 Å². The van der Waals surface area contributed by atoms with E-state index in [1.807, 2.05) is 6.92 Å². The number of halogens is 3. The van der Waals surface area contributed by atoms with Gasteiger partial charge in [0.25, 0.3) is 12.0 Å². The number of unbranched alkanes of at least 4 members (excludes halogenated alkanes) is 1. The molecule has 1 aromatic rings. The van der Waals surface area contributed by atoms with Crippen LogP contribution < -0.4 is 10.9 Å². The third-order valence-corrected chi connectivity index (χ3v) is 2.87. The standard InChI is InChI=1S/C11H16ClF2N3O2/c1-2-3-4-17-11(19)9(12)7(5-16-17)15-6-8(18)10(13)14/h5,8,10,15,18H,2-4,6H2,1H3. The molecule has 0 aromatic carbocycles. The minimum absolute atomic E-state index is 0.118. The molecule has 2 N–H and O–H groups in total. The zero-order valence-corrected chi connectivity index (χ0v) is 11.2. The van der Waals surface area contributed by atoms with Gasteiger partial charge in [-0.2, -0.15) is 5.10 Å². The van der Waals surface area contributed by atoms with E-state index in [9.17, 15) is 13.6 Å². The van der Waals surface area contributed by atoms with Crippen molar-refractivity contribution in [2.75, 3.05) is 11.9 Å². The molecule has 0 saturated carbocycles. The molecule has 1 atom stereocenters. The monoisotopic (exact) mass is 295 g/mol. The highest BCUT2D eigenvalue weighted by Gasteiger charge is 2.17. The Labute approximate surface area is 114 Å². The predicted octanol–water partition coefficient (Wildman–Crippen LogP) is 1.73. The lowest BCUT2D eigenvalue weighted by molar-refractivity contribution is 0.00384. The van der Waals surface area contributed by atoms with Crippen molar-refractivity contribution >= 4 is 17.3 Å². The van der Waals surface area contributed by atoms with Crippen LogP contribution >= 0.6 is 11.6 Å². The van der Waals surface area contributed by atoms with Crippen molar-refractivity contribution in [2.24, 2.45) is 0 Å². The minimum Gasteiger partial charge on any atom is -0.385 e. The van der Waals surface area contributed by atoms with E-state index in [1.54, 1.807) is 0 Å². The van der Waals surface area contributed by atoms with Crippen LogP contribution in [0.25, 0.3) is 0 Å². The number of aryl methyl sites for hydroxylation is 1. The molecule has 0 aliphatic rings. The first-order valence-electron chi connectivity index (χ1n) is 5.93. The van der Waals surface area contributed by atoms with Crippen molar-refractivity contribution < 1.29 is 13.9 Å². The summed E-state index contributed by atoms with van der Waals surface area (Å²) in [4.78, 5) is 11.8. The summed E-state index contributed by atoms with van der Waals surface area (Å²) in [6, 6.07) is 0. The van der Waals surface area contributed by atoms with Crippen LogP contribution in [0.3, 0.4) is 0 Å². The van der Waals surface area contributed by atoms with E-state index in [0.717, 1.165) is 12.8 Å². The van der Waals surface area contributed by atoms with Crippen LogP contribution in [-0.4, -0.2) is 34.0 Å². The Morgan fingerprint density at radius 2 is 2.26 bits per heavy atom. The predicted molar refractivity (Wildman–Crippen MR) is 68.9 cm³/mol. The van der Waals surface area contributed by atoms with Crippen molar-refractivity contribution in [2.45, 2.75) is 38.8 Å². The van der Waals surface area contributed by atoms with E-state index in [0.29, 0.717) is 6.54 Å². The topological polar surface area (TPSA) is 67.2 Å². The Hall–Kier alpha value is -1.21. The van der Waals surface area contributed by atoms with Gasteiger partial charge in [-0.3, -0.25) is 4.79 Å². The lowest BCUT2D eigenvalue weighted by atomic mass is 10.3. The number of anilines is 1. The van der Waals surface area contributed by atoms with Crippen LogP contribution in [0.2, 0.25) is 5.02 Å². The molecule has 0 saturated heterocycles. The Balaban J connectivity index is 2.76. The second-order valence-corrected chi connectivity index (χ2v) is 4.41. The molecule has 0 amide bonds. The van der Waals surface area contributed by atoms with Gasteiger partial charge in [0.2, 0.25) is 0 Å². The molecule has 0 aliphatic carbocycles. The average Bonchev–Trinajstić information content (AvgIpc) is 2.38. The molecule has 1 heterocycles. The van der Waals surface area contributed by atoms with Gasteiger partial charge in [0.15, 0.2) is 0 Å². The average molecular weight is 296 g/mol. The Morgan fingerprint density at radius 1 is 1.58 bits per heavy atom. The number of nitrogens with one attached hydrogen (secondary N) is 1. The van der Waals surface area contributed by atoms with Crippen LogP contribution in [0.4, 0.5) is 14.5 Å². The quantitative estimate of drug-likeness (QED) is 0.804. The fourth-order valence-electron chi connectivity index (χ4n) is 1.36. The van der Waals surface area contributed by atoms with E-state index in [-0.39, 0.29) is 10.7 Å². The molecular weight excluding hydrogens is 280 g/mol. The van der Waals surface area contributed by atoms with E-state index in [1.165, 1.54) is 10.9 Å². The molecular formula is C11H16ClF2N3O2. The van der Waals surface area contributed by atoms with Gasteiger partial charge in [-0.05, 0) is 6.42 Å². The summed E-state index contributed by atoms with van der Waals surface area (Å²) in [5.41, 5.74) is -0.342. The SMILES string of the molecule is CCCCn1ncc(NCC(O)C(F)F)c(Cl)c1=O. The van der Waals surface area contributed by atoms with Crippen molar-refractivity contribution in [3.05, 3.63) is 21.6 Å². The van der Waals surface area contributed by atoms with Crippen molar-refractivity contribution in [3.8, 4) is 0 Å². The van der Waals surface area contributed by atoms with E-state index in [2.05, 4.69) is 10.4 Å². The molecule has 19 heavy (non-hydrogen) atoms. The summed E-state index contributed by atoms with van der Waals surface area (Å²) in [5.74, 6) is 0. The third-order valence-electron chi connectivity index (χ3n) is 2.50. The lowest BCUT2D eigenvalue weighted by Crippen LogP contribution is -2.29. The van der Waals surface area contributed by atoms with E-state index in [4.69, 9.17) is 16.7 Å². The zero-order valence-electron chi connectivity index (χ0n) is 10.4. The maximum atomic E-state index is 12.1. The number of hydrogen-bond acceptors (Lipinski definition) is 4. The highest BCUT2D eigenvalue weighted by atomic mass is 35.5. The number of aromatic nitrogens is 2. The molecule has 0 fully saturated rings. The first-order valence-corrected chi connectivity index (χ1v) is 6.30. The second kappa shape index (κ2) is 7.40. The number of rotatable bonds is 7. The molecule has 5 nitrogen and oxygen atoms in total. The van der Waals surface area contributed by atoms with Crippen molar-refractivity contribution in [3.63, 3.8) is 0 Å². The molecule has 8 heteroatoms. The number of hydrogen-bond donors (Lipinski definition) is 2. The van der Waals surface area contributed by atoms with Gasteiger partial charge >= 0.3 is 0 Å². The molecule has 1 rings (SSSR count). The van der Waals surface area contributed by atoms with E-state index < -0.39 is 24.6 Å². The van der Waals surface area contributed by atoms with Gasteiger partial charge in [0, 0.05) is 13.1 Å². The Bertz CT molecular complexity index is 468. The molecule has 0 radical (unpaired) electrons. The summed E-state index contributed by atoms with van der Waals surface area (Å²) in [5, 5.41) is 15.2. The fraction of sp³-hybridized carbons (Fsp3) is 0.636. The van der Waals surface area contributed by atoms with Crippen LogP contribution in [0.15, 0.2) is 11.0 Å². The van der Waals surface area contributed by atoms with Crippen LogP contribution in [-0.2, 0) is 6.54 Å². The normalized spacial score (nSPS) is 12.7. The molecule has 1 unspecified atom stereocenters. The summed E-state index contributed by atoms with van der Waals surface area (Å²) in [7, 11) is 0. The Morgan fingerprint density at radius 3 is 2.84 bits per heavy atom. The zero-order chi connectivity index (χ0) is 14.4. The third kappa shape index (κ3) is 4.43. The molecule has 0 bridgehead atoms. The number of aliphatic hydroxyl groups is 1. The first kappa shape index (κ1) is 15.8. The van der Waals surface area contributed by atoms with Crippen molar-refractivity contribution in [1.29, 1.82) is 0 Å². The number of alkyl halides is 2. The van der Waals surface area contributed by atoms with Gasteiger partial charge in [-0.25, -0.2) is 13.5 Å². The highest BCUT2D eigenvalue weighted by Crippen LogP contribution is 2.15. The largest absolute Gasteiger partial charge is 0.385 e. The fourth-order valence-corrected chi connectivity index (χ4v) is 1.57. The molecule has 0 spiro atoms. The van der Waals surface area contributed by atoms with Gasteiger partial charge in [0.05, 0.1) is 11.9 Å². The van der Waals surface area contributed by atoms with Crippen LogP contribution in [0, 0.1) is 0 Å². The molecule has 108 valence electrons. The van der Waals surface area contributed by atoms with Gasteiger partial charge in [-0.15, -0.1) is 0 Å². The number of nitrogens with zero attached hydrogens (tertiary/aromatic N) is 2. The summed E-state index contributed by atoms with van der Waals surface area (Å²) >= 11 is 5.84. The molecule has 1 aromatic heterocycles. The summed E-state index contributed by atoms with van der Waals surface area (Å²) in [6.07, 6.45) is -1.69. The van der Waals surface area contributed by atoms with Crippen LogP contribution in [0.5, 0.6) is 0 Å². The maximum Gasteiger partial charge on any atom is 0.287 e. The summed E-state index contributed by atoms with van der Waals surface area (Å²) < 4.78 is 25.4. The van der Waals surface area contributed by atoms with Crippen LogP contribution in [0.1, 0.15) is 19.8 Å². The lowest BCUT2D eigenvalue weighted by Gasteiger charge is -2.13. The van der Waals surface area contributed by atoms with Gasteiger partial charge in [-0.1, -0.05) is 24.9 Å². The van der Waals surface area contributed by atoms with Crippen molar-refractivity contribution in [1.82, 2.24) is 9.78 Å². The minimum atomic E-state index is -2.86.